The molecule has 1 amide bonds. The van der Waals surface area contributed by atoms with Crippen LogP contribution in [-0.4, -0.2) is 36.0 Å². The molecule has 0 heterocycles. The van der Waals surface area contributed by atoms with Crippen molar-refractivity contribution in [2.45, 2.75) is 13.0 Å². The first kappa shape index (κ1) is 23.3. The van der Waals surface area contributed by atoms with Gasteiger partial charge in [-0.1, -0.05) is 71.9 Å². The number of aryl methyl sites for hydroxylation is 1. The summed E-state index contributed by atoms with van der Waals surface area (Å²) in [7, 11) is 0. The van der Waals surface area contributed by atoms with E-state index in [9.17, 15) is 9.90 Å². The number of carbonyl (C=O) groups is 1. The van der Waals surface area contributed by atoms with E-state index < -0.39 is 6.10 Å². The third-order valence-corrected chi connectivity index (χ3v) is 6.02. The van der Waals surface area contributed by atoms with Crippen LogP contribution >= 0.6 is 0 Å². The van der Waals surface area contributed by atoms with Crippen LogP contribution in [0.3, 0.4) is 0 Å². The molecular formula is C30H26N2O4. The van der Waals surface area contributed by atoms with Crippen LogP contribution in [0.2, 0.25) is 0 Å². The molecule has 5 rings (SSSR count). The molecule has 0 radical (unpaired) electrons. The van der Waals surface area contributed by atoms with Gasteiger partial charge in [-0.2, -0.15) is 0 Å². The van der Waals surface area contributed by atoms with E-state index in [1.54, 1.807) is 30.3 Å². The molecule has 0 fully saturated rings. The first-order valence-corrected chi connectivity index (χ1v) is 11.8. The third kappa shape index (κ3) is 4.99. The monoisotopic (exact) mass is 478 g/mol. The number of ether oxygens (including phenoxy) is 1. The summed E-state index contributed by atoms with van der Waals surface area (Å²) in [5.74, 6) is 0.413. The molecule has 0 aromatic heterocycles. The van der Waals surface area contributed by atoms with Gasteiger partial charge in [-0.05, 0) is 53.9 Å². The van der Waals surface area contributed by atoms with Crippen molar-refractivity contribution in [1.29, 1.82) is 0 Å². The quantitative estimate of drug-likeness (QED) is 0.291. The Kier molecular flexibility index (Phi) is 6.78. The van der Waals surface area contributed by atoms with Crippen LogP contribution in [-0.2, 0) is 4.84 Å². The second kappa shape index (κ2) is 10.5. The summed E-state index contributed by atoms with van der Waals surface area (Å²) in [5, 5.41) is 17.5. The standard InChI is InChI=1S/C30H26N2O4/c1-20-8-2-3-9-24(20)30(34)31-21-14-16-23(17-15-21)35-18-22(33)19-36-32-29-27-12-6-4-10-25(27)26-11-5-7-13-28(26)29/h2-17,22,33H,18-19H2,1H3,(H,31,34). The Bertz CT molecular complexity index is 1370. The minimum Gasteiger partial charge on any atom is -0.491 e. The fraction of sp³-hybridized carbons (Fsp3) is 0.133. The lowest BCUT2D eigenvalue weighted by atomic mass is 10.1. The van der Waals surface area contributed by atoms with Crippen LogP contribution in [0.4, 0.5) is 5.69 Å². The molecule has 0 saturated heterocycles. The molecule has 0 spiro atoms. The van der Waals surface area contributed by atoms with Crippen LogP contribution in [0.15, 0.2) is 102 Å². The number of oxime groups is 1. The number of fused-ring (bicyclic) bond motifs is 3. The number of rotatable bonds is 8. The van der Waals surface area contributed by atoms with Gasteiger partial charge in [0.25, 0.3) is 5.91 Å². The molecular weight excluding hydrogens is 452 g/mol. The number of aliphatic hydroxyl groups is 1. The zero-order chi connectivity index (χ0) is 24.9. The highest BCUT2D eigenvalue weighted by atomic mass is 16.6. The van der Waals surface area contributed by atoms with E-state index >= 15 is 0 Å². The van der Waals surface area contributed by atoms with Crippen molar-refractivity contribution in [1.82, 2.24) is 0 Å². The largest absolute Gasteiger partial charge is 0.491 e. The van der Waals surface area contributed by atoms with Crippen molar-refractivity contribution in [3.05, 3.63) is 119 Å². The number of nitrogens with one attached hydrogen (secondary N) is 1. The van der Waals surface area contributed by atoms with Gasteiger partial charge in [0.15, 0.2) is 0 Å². The first-order chi connectivity index (χ1) is 17.6. The Labute approximate surface area is 209 Å². The molecule has 6 nitrogen and oxygen atoms in total. The Morgan fingerprint density at radius 3 is 2.03 bits per heavy atom. The van der Waals surface area contributed by atoms with Crippen molar-refractivity contribution in [2.24, 2.45) is 5.16 Å². The van der Waals surface area contributed by atoms with Crippen molar-refractivity contribution >= 4 is 17.3 Å². The van der Waals surface area contributed by atoms with Gasteiger partial charge < -0.3 is 20.0 Å². The Morgan fingerprint density at radius 1 is 0.806 bits per heavy atom. The molecule has 1 aliphatic rings. The van der Waals surface area contributed by atoms with Crippen molar-refractivity contribution in [3.63, 3.8) is 0 Å². The van der Waals surface area contributed by atoms with Crippen molar-refractivity contribution in [3.8, 4) is 16.9 Å². The van der Waals surface area contributed by atoms with Gasteiger partial charge in [-0.3, -0.25) is 4.79 Å². The van der Waals surface area contributed by atoms with Crippen molar-refractivity contribution < 1.29 is 19.5 Å². The van der Waals surface area contributed by atoms with E-state index in [0.29, 0.717) is 17.0 Å². The Balaban J connectivity index is 1.13. The van der Waals surface area contributed by atoms with Crippen LogP contribution in [0.5, 0.6) is 5.75 Å². The van der Waals surface area contributed by atoms with Gasteiger partial charge in [0.05, 0.1) is 0 Å². The first-order valence-electron chi connectivity index (χ1n) is 11.8. The summed E-state index contributed by atoms with van der Waals surface area (Å²) in [6, 6.07) is 30.6. The van der Waals surface area contributed by atoms with Crippen molar-refractivity contribution in [2.75, 3.05) is 18.5 Å². The smallest absolute Gasteiger partial charge is 0.255 e. The minimum atomic E-state index is -0.860. The van der Waals surface area contributed by atoms with Crippen LogP contribution in [0, 0.1) is 6.92 Å². The molecule has 6 heteroatoms. The van der Waals surface area contributed by atoms with Gasteiger partial charge in [0.2, 0.25) is 0 Å². The third-order valence-electron chi connectivity index (χ3n) is 6.02. The average Bonchev–Trinajstić information content (AvgIpc) is 3.22. The molecule has 36 heavy (non-hydrogen) atoms. The number of anilines is 1. The number of aliphatic hydroxyl groups excluding tert-OH is 1. The second-order valence-corrected chi connectivity index (χ2v) is 8.59. The topological polar surface area (TPSA) is 80.2 Å². The zero-order valence-corrected chi connectivity index (χ0v) is 19.8. The molecule has 1 atom stereocenters. The molecule has 4 aromatic carbocycles. The highest BCUT2D eigenvalue weighted by Crippen LogP contribution is 2.36. The molecule has 0 saturated carbocycles. The second-order valence-electron chi connectivity index (χ2n) is 8.59. The number of benzene rings is 4. The maximum absolute atomic E-state index is 12.5. The Hall–Kier alpha value is -4.42. The highest BCUT2D eigenvalue weighted by molar-refractivity contribution is 6.24. The van der Waals surface area contributed by atoms with Gasteiger partial charge in [0, 0.05) is 22.4 Å². The summed E-state index contributed by atoms with van der Waals surface area (Å²) in [6.45, 7) is 1.95. The number of hydrogen-bond donors (Lipinski definition) is 2. The van der Waals surface area contributed by atoms with Crippen LogP contribution < -0.4 is 10.1 Å². The summed E-state index contributed by atoms with van der Waals surface area (Å²) in [5.41, 5.74) is 7.24. The van der Waals surface area contributed by atoms with Gasteiger partial charge >= 0.3 is 0 Å². The van der Waals surface area contributed by atoms with E-state index in [-0.39, 0.29) is 19.1 Å². The lowest BCUT2D eigenvalue weighted by Gasteiger charge is -2.12. The fourth-order valence-corrected chi connectivity index (χ4v) is 4.18. The molecule has 0 aliphatic heterocycles. The van der Waals surface area contributed by atoms with E-state index in [1.165, 1.54) is 0 Å². The normalized spacial score (nSPS) is 12.3. The molecule has 2 N–H and O–H groups in total. The number of hydrogen-bond acceptors (Lipinski definition) is 5. The van der Waals surface area contributed by atoms with Crippen LogP contribution in [0.25, 0.3) is 11.1 Å². The summed E-state index contributed by atoms with van der Waals surface area (Å²) >= 11 is 0. The van der Waals surface area contributed by atoms with Gasteiger partial charge in [-0.25, -0.2) is 0 Å². The van der Waals surface area contributed by atoms with Gasteiger partial charge in [0.1, 0.15) is 30.8 Å². The lowest BCUT2D eigenvalue weighted by molar-refractivity contribution is 0.0145. The van der Waals surface area contributed by atoms with E-state index in [2.05, 4.69) is 22.6 Å². The van der Waals surface area contributed by atoms with E-state index in [4.69, 9.17) is 9.57 Å². The van der Waals surface area contributed by atoms with E-state index in [0.717, 1.165) is 33.5 Å². The summed E-state index contributed by atoms with van der Waals surface area (Å²) in [6.07, 6.45) is -0.860. The predicted molar refractivity (Wildman–Crippen MR) is 141 cm³/mol. The summed E-state index contributed by atoms with van der Waals surface area (Å²) < 4.78 is 5.68. The Morgan fingerprint density at radius 2 is 1.39 bits per heavy atom. The number of nitrogens with zero attached hydrogens (tertiary/aromatic N) is 1. The molecule has 1 aliphatic carbocycles. The number of carbonyl (C=O) groups excluding carboxylic acids is 1. The molecule has 180 valence electrons. The average molecular weight is 479 g/mol. The molecule has 1 unspecified atom stereocenters. The van der Waals surface area contributed by atoms with E-state index in [1.807, 2.05) is 61.5 Å². The van der Waals surface area contributed by atoms with Gasteiger partial charge in [-0.15, -0.1) is 0 Å². The maximum atomic E-state index is 12.5. The highest BCUT2D eigenvalue weighted by Gasteiger charge is 2.24. The maximum Gasteiger partial charge on any atom is 0.255 e. The van der Waals surface area contributed by atoms with Crippen LogP contribution in [0.1, 0.15) is 27.0 Å². The summed E-state index contributed by atoms with van der Waals surface area (Å²) in [4.78, 5) is 18.0. The minimum absolute atomic E-state index is 0.00159. The molecule has 0 bridgehead atoms. The molecule has 4 aromatic rings. The number of amides is 1. The lowest BCUT2D eigenvalue weighted by Crippen LogP contribution is -2.22. The predicted octanol–water partition coefficient (Wildman–Crippen LogP) is 5.44. The zero-order valence-electron chi connectivity index (χ0n) is 19.8. The SMILES string of the molecule is Cc1ccccc1C(=O)Nc1ccc(OCC(O)CON=C2c3ccccc3-c3ccccc32)cc1. The fourth-order valence-electron chi connectivity index (χ4n) is 4.18.